The van der Waals surface area contributed by atoms with Crippen LogP contribution in [0.5, 0.6) is 0 Å². The van der Waals surface area contributed by atoms with E-state index in [-0.39, 0.29) is 11.4 Å². The van der Waals surface area contributed by atoms with Gasteiger partial charge in [0.2, 0.25) is 0 Å². The largest absolute Gasteiger partial charge is 0.380 e. The van der Waals surface area contributed by atoms with Crippen molar-refractivity contribution >= 4 is 5.78 Å². The maximum Gasteiger partial charge on any atom is 0.132 e. The fourth-order valence-electron chi connectivity index (χ4n) is 1.89. The summed E-state index contributed by atoms with van der Waals surface area (Å²) in [6.07, 6.45) is 2.65. The second-order valence-electron chi connectivity index (χ2n) is 6.20. The molecule has 112 valence electrons. The molecule has 2 atom stereocenters. The first kappa shape index (κ1) is 16.6. The van der Waals surface area contributed by atoms with Gasteiger partial charge in [0.15, 0.2) is 0 Å². The summed E-state index contributed by atoms with van der Waals surface area (Å²) in [4.78, 5) is 10.8. The van der Waals surface area contributed by atoms with Crippen LogP contribution in [0.3, 0.4) is 0 Å². The minimum atomic E-state index is -0.214. The molecule has 1 N–H and O–H groups in total. The molecule has 4 nitrogen and oxygen atoms in total. The average molecular weight is 271 g/mol. The first-order valence-corrected chi connectivity index (χ1v) is 7.35. The van der Waals surface area contributed by atoms with Crippen molar-refractivity contribution in [3.8, 4) is 0 Å². The van der Waals surface area contributed by atoms with Crippen LogP contribution in [0.2, 0.25) is 0 Å². The number of ketones is 1. The second kappa shape index (κ2) is 7.98. The molecule has 19 heavy (non-hydrogen) atoms. The number of carbonyl (C=O) groups is 1. The molecule has 0 aromatic carbocycles. The second-order valence-corrected chi connectivity index (χ2v) is 6.20. The SMILES string of the molecule is CC(=O)CCOC(C)(C)CCOCCNC1CC1C. The van der Waals surface area contributed by atoms with E-state index in [1.807, 2.05) is 13.8 Å². The zero-order chi connectivity index (χ0) is 14.3. The summed E-state index contributed by atoms with van der Waals surface area (Å²) in [5.41, 5.74) is -0.214. The summed E-state index contributed by atoms with van der Waals surface area (Å²) in [5.74, 6) is 1.01. The molecule has 0 saturated heterocycles. The highest BCUT2D eigenvalue weighted by atomic mass is 16.5. The molecular formula is C15H29NO3. The molecular weight excluding hydrogens is 242 g/mol. The number of nitrogens with one attached hydrogen (secondary N) is 1. The lowest BCUT2D eigenvalue weighted by Gasteiger charge is -2.25. The monoisotopic (exact) mass is 271 g/mol. The fraction of sp³-hybridized carbons (Fsp3) is 0.933. The minimum Gasteiger partial charge on any atom is -0.380 e. The number of ether oxygens (including phenoxy) is 2. The van der Waals surface area contributed by atoms with E-state index < -0.39 is 0 Å². The standard InChI is InChI=1S/C15H29NO3/c1-12-11-14(12)16-7-10-18-9-6-15(3,4)19-8-5-13(2)17/h12,14,16H,5-11H2,1-4H3. The van der Waals surface area contributed by atoms with E-state index in [4.69, 9.17) is 9.47 Å². The van der Waals surface area contributed by atoms with Crippen LogP contribution in [0.15, 0.2) is 0 Å². The van der Waals surface area contributed by atoms with Crippen molar-refractivity contribution in [1.29, 1.82) is 0 Å². The summed E-state index contributed by atoms with van der Waals surface area (Å²) in [7, 11) is 0. The van der Waals surface area contributed by atoms with E-state index >= 15 is 0 Å². The molecule has 0 amide bonds. The van der Waals surface area contributed by atoms with Crippen molar-refractivity contribution in [2.24, 2.45) is 5.92 Å². The van der Waals surface area contributed by atoms with Gasteiger partial charge in [-0.15, -0.1) is 0 Å². The van der Waals surface area contributed by atoms with Crippen LogP contribution in [0, 0.1) is 5.92 Å². The van der Waals surface area contributed by atoms with Gasteiger partial charge in [-0.25, -0.2) is 0 Å². The van der Waals surface area contributed by atoms with Gasteiger partial charge in [-0.3, -0.25) is 4.79 Å². The normalized spacial score (nSPS) is 22.5. The third-order valence-corrected chi connectivity index (χ3v) is 3.56. The molecule has 0 aliphatic heterocycles. The number of hydrogen-bond acceptors (Lipinski definition) is 4. The molecule has 1 saturated carbocycles. The van der Waals surface area contributed by atoms with Crippen LogP contribution in [0.4, 0.5) is 0 Å². The van der Waals surface area contributed by atoms with Crippen LogP contribution in [0.1, 0.15) is 47.0 Å². The van der Waals surface area contributed by atoms with Crippen LogP contribution >= 0.6 is 0 Å². The fourth-order valence-corrected chi connectivity index (χ4v) is 1.89. The van der Waals surface area contributed by atoms with Crippen molar-refractivity contribution in [3.63, 3.8) is 0 Å². The van der Waals surface area contributed by atoms with Crippen molar-refractivity contribution in [2.45, 2.75) is 58.6 Å². The van der Waals surface area contributed by atoms with Gasteiger partial charge in [0.05, 0.1) is 18.8 Å². The van der Waals surface area contributed by atoms with Gasteiger partial charge < -0.3 is 14.8 Å². The van der Waals surface area contributed by atoms with Gasteiger partial charge in [0, 0.05) is 25.6 Å². The topological polar surface area (TPSA) is 47.6 Å². The number of rotatable bonds is 11. The number of hydrogen-bond donors (Lipinski definition) is 1. The minimum absolute atomic E-state index is 0.174. The molecule has 1 fully saturated rings. The quantitative estimate of drug-likeness (QED) is 0.585. The van der Waals surface area contributed by atoms with Gasteiger partial charge >= 0.3 is 0 Å². The van der Waals surface area contributed by atoms with Gasteiger partial charge in [0.1, 0.15) is 5.78 Å². The van der Waals surface area contributed by atoms with E-state index in [0.29, 0.717) is 19.6 Å². The highest BCUT2D eigenvalue weighted by Gasteiger charge is 2.31. The van der Waals surface area contributed by atoms with E-state index in [0.717, 1.165) is 31.5 Å². The van der Waals surface area contributed by atoms with Crippen molar-refractivity contribution in [1.82, 2.24) is 5.32 Å². The summed E-state index contributed by atoms with van der Waals surface area (Å²) in [6, 6.07) is 0.718. The molecule has 1 rings (SSSR count). The molecule has 0 aromatic heterocycles. The first-order chi connectivity index (χ1) is 8.91. The molecule has 0 heterocycles. The lowest BCUT2D eigenvalue weighted by molar-refractivity contribution is -0.119. The summed E-state index contributed by atoms with van der Waals surface area (Å²) >= 11 is 0. The Labute approximate surface area is 117 Å². The van der Waals surface area contributed by atoms with Crippen LogP contribution in [0.25, 0.3) is 0 Å². The molecule has 1 aliphatic rings. The zero-order valence-corrected chi connectivity index (χ0v) is 12.8. The highest BCUT2D eigenvalue weighted by molar-refractivity contribution is 5.75. The molecule has 4 heteroatoms. The Balaban J connectivity index is 1.92. The third-order valence-electron chi connectivity index (χ3n) is 3.56. The van der Waals surface area contributed by atoms with Crippen molar-refractivity contribution < 1.29 is 14.3 Å². The van der Waals surface area contributed by atoms with Gasteiger partial charge in [0.25, 0.3) is 0 Å². The molecule has 0 bridgehead atoms. The predicted octanol–water partition coefficient (Wildman–Crippen LogP) is 2.17. The van der Waals surface area contributed by atoms with Gasteiger partial charge in [-0.1, -0.05) is 6.92 Å². The Morgan fingerprint density at radius 1 is 1.32 bits per heavy atom. The maximum atomic E-state index is 10.8. The summed E-state index contributed by atoms with van der Waals surface area (Å²) in [6.45, 7) is 10.8. The predicted molar refractivity (Wildman–Crippen MR) is 76.3 cm³/mol. The van der Waals surface area contributed by atoms with Gasteiger partial charge in [-0.2, -0.15) is 0 Å². The lowest BCUT2D eigenvalue weighted by Crippen LogP contribution is -2.28. The summed E-state index contributed by atoms with van der Waals surface area (Å²) in [5, 5.41) is 3.46. The Hall–Kier alpha value is -0.450. The first-order valence-electron chi connectivity index (χ1n) is 7.35. The molecule has 1 aliphatic carbocycles. The summed E-state index contributed by atoms with van der Waals surface area (Å²) < 4.78 is 11.3. The third kappa shape index (κ3) is 8.35. The van der Waals surface area contributed by atoms with Crippen molar-refractivity contribution in [2.75, 3.05) is 26.4 Å². The Kier molecular flexibility index (Phi) is 6.97. The lowest BCUT2D eigenvalue weighted by atomic mass is 10.1. The molecule has 2 unspecified atom stereocenters. The molecule has 0 radical (unpaired) electrons. The van der Waals surface area contributed by atoms with Crippen LogP contribution in [-0.4, -0.2) is 43.8 Å². The zero-order valence-electron chi connectivity index (χ0n) is 12.8. The van der Waals surface area contributed by atoms with E-state index in [1.165, 1.54) is 6.42 Å². The van der Waals surface area contributed by atoms with Crippen molar-refractivity contribution in [3.05, 3.63) is 0 Å². The highest BCUT2D eigenvalue weighted by Crippen LogP contribution is 2.28. The molecule has 0 aromatic rings. The maximum absolute atomic E-state index is 10.8. The Bertz CT molecular complexity index is 279. The van der Waals surface area contributed by atoms with E-state index in [2.05, 4.69) is 12.2 Å². The number of carbonyl (C=O) groups excluding carboxylic acids is 1. The van der Waals surface area contributed by atoms with Crippen LogP contribution < -0.4 is 5.32 Å². The average Bonchev–Trinajstić information content (AvgIpc) is 2.98. The molecule has 0 spiro atoms. The Morgan fingerprint density at radius 2 is 2.00 bits per heavy atom. The Morgan fingerprint density at radius 3 is 2.58 bits per heavy atom. The van der Waals surface area contributed by atoms with Gasteiger partial charge in [-0.05, 0) is 39.5 Å². The van der Waals surface area contributed by atoms with E-state index in [1.54, 1.807) is 6.92 Å². The number of Topliss-reactive ketones (excluding diaryl/α,β-unsaturated/α-hetero) is 1. The van der Waals surface area contributed by atoms with Crippen LogP contribution in [-0.2, 0) is 14.3 Å². The van der Waals surface area contributed by atoms with E-state index in [9.17, 15) is 4.79 Å². The smallest absolute Gasteiger partial charge is 0.132 e.